The van der Waals surface area contributed by atoms with Crippen molar-refractivity contribution in [1.82, 2.24) is 0 Å². The van der Waals surface area contributed by atoms with Gasteiger partial charge in [0.15, 0.2) is 6.10 Å². The van der Waals surface area contributed by atoms with Crippen LogP contribution in [0.4, 0.5) is 17.1 Å². The molecule has 0 bridgehead atoms. The highest BCUT2D eigenvalue weighted by atomic mass is 32.2. The molecule has 3 rings (SSSR count). The second-order valence-electron chi connectivity index (χ2n) is 6.25. The zero-order valence-corrected chi connectivity index (χ0v) is 16.1. The van der Waals surface area contributed by atoms with Gasteiger partial charge in [-0.3, -0.25) is 19.2 Å². The fourth-order valence-corrected chi connectivity index (χ4v) is 3.95. The molecule has 148 valence electrons. The van der Waals surface area contributed by atoms with Gasteiger partial charge in [-0.1, -0.05) is 18.2 Å². The SMILES string of the molecule is CCS(=O)(=O)N1CC(C(=O)Nc2cc([N+](=O)[O-])ccc2C)Oc2ccccc21. The minimum atomic E-state index is -3.62. The first kappa shape index (κ1) is 19.6. The number of ether oxygens (including phenoxy) is 1. The summed E-state index contributed by atoms with van der Waals surface area (Å²) in [6.07, 6.45) is -1.10. The number of para-hydroxylation sites is 2. The largest absolute Gasteiger partial charge is 0.476 e. The van der Waals surface area contributed by atoms with Gasteiger partial charge in [-0.2, -0.15) is 0 Å². The van der Waals surface area contributed by atoms with Crippen LogP contribution in [0.2, 0.25) is 0 Å². The van der Waals surface area contributed by atoms with Gasteiger partial charge in [-0.05, 0) is 31.5 Å². The lowest BCUT2D eigenvalue weighted by Gasteiger charge is -2.34. The van der Waals surface area contributed by atoms with E-state index in [4.69, 9.17) is 4.74 Å². The highest BCUT2D eigenvalue weighted by molar-refractivity contribution is 7.92. The molecule has 1 atom stereocenters. The van der Waals surface area contributed by atoms with Gasteiger partial charge >= 0.3 is 0 Å². The molecule has 9 nitrogen and oxygen atoms in total. The first-order chi connectivity index (χ1) is 13.2. The molecular weight excluding hydrogens is 386 g/mol. The van der Waals surface area contributed by atoms with E-state index < -0.39 is 27.0 Å². The number of benzene rings is 2. The maximum Gasteiger partial charge on any atom is 0.271 e. The number of anilines is 2. The van der Waals surface area contributed by atoms with Gasteiger partial charge in [-0.25, -0.2) is 8.42 Å². The number of fused-ring (bicyclic) bond motifs is 1. The number of hydrogen-bond acceptors (Lipinski definition) is 6. The molecular formula is C18H19N3O6S. The number of aryl methyl sites for hydroxylation is 1. The fraction of sp³-hybridized carbons (Fsp3) is 0.278. The molecule has 0 fully saturated rings. The molecule has 0 aliphatic carbocycles. The molecule has 1 unspecified atom stereocenters. The zero-order chi connectivity index (χ0) is 20.5. The van der Waals surface area contributed by atoms with E-state index >= 15 is 0 Å². The van der Waals surface area contributed by atoms with Gasteiger partial charge in [0.25, 0.3) is 11.6 Å². The van der Waals surface area contributed by atoms with E-state index in [1.807, 2.05) is 0 Å². The Balaban J connectivity index is 1.89. The van der Waals surface area contributed by atoms with E-state index in [-0.39, 0.29) is 29.4 Å². The van der Waals surface area contributed by atoms with Crippen LogP contribution in [0, 0.1) is 17.0 Å². The Bertz CT molecular complexity index is 1040. The van der Waals surface area contributed by atoms with Crippen molar-refractivity contribution in [2.45, 2.75) is 20.0 Å². The third kappa shape index (κ3) is 3.77. The average molecular weight is 405 g/mol. The lowest BCUT2D eigenvalue weighted by Crippen LogP contribution is -2.49. The van der Waals surface area contributed by atoms with Crippen molar-refractivity contribution in [2.75, 3.05) is 21.9 Å². The Morgan fingerprint density at radius 3 is 2.71 bits per heavy atom. The highest BCUT2D eigenvalue weighted by Crippen LogP contribution is 2.35. The second-order valence-corrected chi connectivity index (χ2v) is 8.43. The molecule has 2 aromatic carbocycles. The Kier molecular flexibility index (Phi) is 5.23. The van der Waals surface area contributed by atoms with Crippen molar-refractivity contribution < 1.29 is 22.9 Å². The Hall–Kier alpha value is -3.14. The molecule has 10 heteroatoms. The van der Waals surface area contributed by atoms with Crippen LogP contribution in [0.15, 0.2) is 42.5 Å². The van der Waals surface area contributed by atoms with Crippen LogP contribution in [0.3, 0.4) is 0 Å². The van der Waals surface area contributed by atoms with Gasteiger partial charge < -0.3 is 10.1 Å². The van der Waals surface area contributed by atoms with Crippen LogP contribution in [0.5, 0.6) is 5.75 Å². The minimum Gasteiger partial charge on any atom is -0.476 e. The molecule has 1 N–H and O–H groups in total. The summed E-state index contributed by atoms with van der Waals surface area (Å²) in [5.74, 6) is -0.435. The molecule has 0 saturated heterocycles. The molecule has 0 aromatic heterocycles. The molecule has 0 spiro atoms. The minimum absolute atomic E-state index is 0.125. The lowest BCUT2D eigenvalue weighted by molar-refractivity contribution is -0.384. The number of nitro groups is 1. The molecule has 28 heavy (non-hydrogen) atoms. The summed E-state index contributed by atoms with van der Waals surface area (Å²) in [4.78, 5) is 23.2. The third-order valence-corrected chi connectivity index (χ3v) is 6.16. The summed E-state index contributed by atoms with van der Waals surface area (Å²) >= 11 is 0. The molecule has 0 saturated carbocycles. The number of nitrogens with zero attached hydrogens (tertiary/aromatic N) is 2. The standard InChI is InChI=1S/C18H19N3O6S/c1-3-28(25,26)20-11-17(27-16-7-5-4-6-15(16)20)18(22)19-14-10-13(21(23)24)9-8-12(14)2/h4-10,17H,3,11H2,1-2H3,(H,19,22). The Morgan fingerprint density at radius 2 is 2.04 bits per heavy atom. The molecule has 0 radical (unpaired) electrons. The van der Waals surface area contributed by atoms with Gasteiger partial charge in [-0.15, -0.1) is 0 Å². The van der Waals surface area contributed by atoms with Gasteiger partial charge in [0.2, 0.25) is 10.0 Å². The molecule has 1 heterocycles. The van der Waals surface area contributed by atoms with Crippen LogP contribution in [-0.4, -0.2) is 37.6 Å². The molecule has 1 aliphatic heterocycles. The smallest absolute Gasteiger partial charge is 0.271 e. The number of non-ortho nitro benzene ring substituents is 1. The van der Waals surface area contributed by atoms with E-state index in [9.17, 15) is 23.3 Å². The number of carbonyl (C=O) groups is 1. The first-order valence-electron chi connectivity index (χ1n) is 8.55. The molecule has 1 aliphatic rings. The van der Waals surface area contributed by atoms with Crippen molar-refractivity contribution in [3.63, 3.8) is 0 Å². The fourth-order valence-electron chi connectivity index (χ4n) is 2.83. The van der Waals surface area contributed by atoms with Crippen LogP contribution in [0.1, 0.15) is 12.5 Å². The average Bonchev–Trinajstić information content (AvgIpc) is 2.68. The van der Waals surface area contributed by atoms with Crippen LogP contribution < -0.4 is 14.4 Å². The number of hydrogen-bond donors (Lipinski definition) is 1. The van der Waals surface area contributed by atoms with Crippen molar-refractivity contribution >= 4 is 33.0 Å². The summed E-state index contributed by atoms with van der Waals surface area (Å²) in [6, 6.07) is 10.7. The summed E-state index contributed by atoms with van der Waals surface area (Å²) in [7, 11) is -3.62. The van der Waals surface area contributed by atoms with Crippen molar-refractivity contribution in [2.24, 2.45) is 0 Å². The summed E-state index contributed by atoms with van der Waals surface area (Å²) in [5, 5.41) is 13.6. The van der Waals surface area contributed by atoms with E-state index in [1.54, 1.807) is 31.2 Å². The third-order valence-electron chi connectivity index (χ3n) is 4.42. The van der Waals surface area contributed by atoms with E-state index in [2.05, 4.69) is 5.32 Å². The van der Waals surface area contributed by atoms with Gasteiger partial charge in [0, 0.05) is 12.1 Å². The quantitative estimate of drug-likeness (QED) is 0.603. The maximum atomic E-state index is 12.7. The van der Waals surface area contributed by atoms with Gasteiger partial charge in [0.1, 0.15) is 5.75 Å². The second kappa shape index (κ2) is 7.47. The Morgan fingerprint density at radius 1 is 1.32 bits per heavy atom. The van der Waals surface area contributed by atoms with Crippen molar-refractivity contribution in [1.29, 1.82) is 0 Å². The predicted molar refractivity (Wildman–Crippen MR) is 104 cm³/mol. The summed E-state index contributed by atoms with van der Waals surface area (Å²) < 4.78 is 31.8. The van der Waals surface area contributed by atoms with Crippen molar-refractivity contribution in [3.8, 4) is 5.75 Å². The zero-order valence-electron chi connectivity index (χ0n) is 15.3. The summed E-state index contributed by atoms with van der Waals surface area (Å²) in [5.41, 5.74) is 1.12. The summed E-state index contributed by atoms with van der Waals surface area (Å²) in [6.45, 7) is 3.03. The molecule has 2 aromatic rings. The Labute approximate surface area is 162 Å². The monoisotopic (exact) mass is 405 g/mol. The highest BCUT2D eigenvalue weighted by Gasteiger charge is 2.36. The maximum absolute atomic E-state index is 12.7. The number of rotatable bonds is 5. The molecule has 1 amide bonds. The lowest BCUT2D eigenvalue weighted by atomic mass is 10.1. The number of nitrogens with one attached hydrogen (secondary N) is 1. The van der Waals surface area contributed by atoms with Crippen molar-refractivity contribution in [3.05, 3.63) is 58.1 Å². The van der Waals surface area contributed by atoms with Gasteiger partial charge in [0.05, 0.1) is 28.6 Å². The number of carbonyl (C=O) groups excluding carboxylic acids is 1. The van der Waals surface area contributed by atoms with Crippen LogP contribution >= 0.6 is 0 Å². The topological polar surface area (TPSA) is 119 Å². The van der Waals surface area contributed by atoms with E-state index in [0.29, 0.717) is 11.3 Å². The van der Waals surface area contributed by atoms with E-state index in [1.165, 1.54) is 25.1 Å². The van der Waals surface area contributed by atoms with Crippen LogP contribution in [0.25, 0.3) is 0 Å². The number of amides is 1. The first-order valence-corrected chi connectivity index (χ1v) is 10.2. The number of sulfonamides is 1. The number of nitro benzene ring substituents is 1. The van der Waals surface area contributed by atoms with Crippen LogP contribution in [-0.2, 0) is 14.8 Å². The normalized spacial score (nSPS) is 16.1. The van der Waals surface area contributed by atoms with E-state index in [0.717, 1.165) is 4.31 Å². The predicted octanol–water partition coefficient (Wildman–Crippen LogP) is 2.46.